The van der Waals surface area contributed by atoms with E-state index >= 15 is 0 Å². The third-order valence-corrected chi connectivity index (χ3v) is 5.73. The average molecular weight is 360 g/mol. The van der Waals surface area contributed by atoms with Crippen molar-refractivity contribution in [1.29, 1.82) is 0 Å². The predicted molar refractivity (Wildman–Crippen MR) is 97.7 cm³/mol. The Hall–Kier alpha value is -2.24. The summed E-state index contributed by atoms with van der Waals surface area (Å²) in [6, 6.07) is 2.54. The van der Waals surface area contributed by atoms with Gasteiger partial charge in [-0.05, 0) is 45.6 Å². The molecule has 2 aliphatic heterocycles. The molecular formula is C20H28N2O4. The maximum atomic E-state index is 12.2. The van der Waals surface area contributed by atoms with E-state index in [4.69, 9.17) is 0 Å². The number of nitrogens with zero attached hydrogens (tertiary/aromatic N) is 2. The van der Waals surface area contributed by atoms with Gasteiger partial charge in [0.2, 0.25) is 11.8 Å². The number of carbonyl (C=O) groups excluding carboxylic acids is 2. The van der Waals surface area contributed by atoms with Gasteiger partial charge in [-0.3, -0.25) is 9.59 Å². The molecule has 2 N–H and O–H groups in total. The third kappa shape index (κ3) is 3.50. The maximum Gasteiger partial charge on any atom is 0.223 e. The zero-order chi connectivity index (χ0) is 18.8. The van der Waals surface area contributed by atoms with Crippen LogP contribution in [0.25, 0.3) is 0 Å². The molecule has 26 heavy (non-hydrogen) atoms. The zero-order valence-electron chi connectivity index (χ0n) is 15.6. The minimum atomic E-state index is -0.272. The van der Waals surface area contributed by atoms with Crippen LogP contribution in [0.4, 0.5) is 0 Å². The third-order valence-electron chi connectivity index (χ3n) is 5.73. The molecule has 2 heterocycles. The summed E-state index contributed by atoms with van der Waals surface area (Å²) in [7, 11) is 0. The van der Waals surface area contributed by atoms with Crippen LogP contribution in [0.1, 0.15) is 75.6 Å². The predicted octanol–water partition coefficient (Wildman–Crippen LogP) is 3.24. The molecule has 0 aliphatic carbocycles. The van der Waals surface area contributed by atoms with Crippen LogP contribution >= 0.6 is 0 Å². The molecule has 142 valence electrons. The normalized spacial score (nSPS) is 21.0. The van der Waals surface area contributed by atoms with Crippen molar-refractivity contribution in [3.63, 3.8) is 0 Å². The van der Waals surface area contributed by atoms with Gasteiger partial charge in [0, 0.05) is 43.1 Å². The van der Waals surface area contributed by atoms with Crippen LogP contribution in [0.2, 0.25) is 0 Å². The van der Waals surface area contributed by atoms with E-state index in [-0.39, 0.29) is 35.4 Å². The summed E-state index contributed by atoms with van der Waals surface area (Å²) in [6.45, 7) is 5.15. The standard InChI is InChI=1S/C20H28N2O4/c1-13(21-9-5-3-7-19(21)25)15-11-16(18(24)12-17(15)23)14(2)22-10-6-4-8-20(22)26/h11-14,23-24H,3-10H2,1-2H3. The molecule has 0 bridgehead atoms. The number of piperidine rings is 2. The molecule has 1 aromatic carbocycles. The Labute approximate surface area is 154 Å². The average Bonchev–Trinajstić information content (AvgIpc) is 2.61. The zero-order valence-corrected chi connectivity index (χ0v) is 15.6. The highest BCUT2D eigenvalue weighted by atomic mass is 16.3. The molecule has 6 nitrogen and oxygen atoms in total. The van der Waals surface area contributed by atoms with E-state index in [1.807, 2.05) is 13.8 Å². The number of rotatable bonds is 4. The maximum absolute atomic E-state index is 12.2. The van der Waals surface area contributed by atoms with Crippen LogP contribution in [0.15, 0.2) is 12.1 Å². The monoisotopic (exact) mass is 360 g/mol. The minimum Gasteiger partial charge on any atom is -0.507 e. The number of aromatic hydroxyl groups is 2. The van der Waals surface area contributed by atoms with Gasteiger partial charge in [-0.25, -0.2) is 0 Å². The summed E-state index contributed by atoms with van der Waals surface area (Å²) in [4.78, 5) is 28.1. The van der Waals surface area contributed by atoms with Gasteiger partial charge in [-0.1, -0.05) is 0 Å². The SMILES string of the molecule is CC(c1cc(C(C)N2CCCCC2=O)c(O)cc1O)N1CCCCC1=O. The van der Waals surface area contributed by atoms with Gasteiger partial charge >= 0.3 is 0 Å². The molecule has 0 aromatic heterocycles. The minimum absolute atomic E-state index is 0.0192. The van der Waals surface area contributed by atoms with Crippen LogP contribution in [0, 0.1) is 0 Å². The van der Waals surface area contributed by atoms with Crippen molar-refractivity contribution >= 4 is 11.8 Å². The van der Waals surface area contributed by atoms with Crippen LogP contribution < -0.4 is 0 Å². The summed E-state index contributed by atoms with van der Waals surface area (Å²) in [5.74, 6) is 0.151. The summed E-state index contributed by atoms with van der Waals surface area (Å²) in [5.41, 5.74) is 1.23. The number of hydrogen-bond acceptors (Lipinski definition) is 4. The molecule has 2 aliphatic rings. The Morgan fingerprint density at radius 3 is 1.58 bits per heavy atom. The first-order valence-electron chi connectivity index (χ1n) is 9.55. The summed E-state index contributed by atoms with van der Waals surface area (Å²) in [5, 5.41) is 20.7. The lowest BCUT2D eigenvalue weighted by atomic mass is 9.95. The second-order valence-corrected chi connectivity index (χ2v) is 7.41. The van der Waals surface area contributed by atoms with E-state index in [0.717, 1.165) is 25.7 Å². The fourth-order valence-electron chi connectivity index (χ4n) is 4.09. The first-order valence-corrected chi connectivity index (χ1v) is 9.55. The number of likely N-dealkylation sites (tertiary alicyclic amines) is 2. The molecule has 2 amide bonds. The van der Waals surface area contributed by atoms with Crippen molar-refractivity contribution in [1.82, 2.24) is 9.80 Å². The fourth-order valence-corrected chi connectivity index (χ4v) is 4.09. The number of phenolic OH excluding ortho intramolecular Hbond substituents is 2. The number of phenols is 2. The topological polar surface area (TPSA) is 81.1 Å². The lowest BCUT2D eigenvalue weighted by molar-refractivity contribution is -0.136. The van der Waals surface area contributed by atoms with Crippen molar-refractivity contribution in [2.45, 2.75) is 64.5 Å². The van der Waals surface area contributed by atoms with Gasteiger partial charge in [0.05, 0.1) is 12.1 Å². The quantitative estimate of drug-likeness (QED) is 0.864. The van der Waals surface area contributed by atoms with Gasteiger partial charge in [0.1, 0.15) is 11.5 Å². The Morgan fingerprint density at radius 2 is 1.19 bits per heavy atom. The number of carbonyl (C=O) groups is 2. The molecule has 0 saturated carbocycles. The van der Waals surface area contributed by atoms with E-state index in [1.54, 1.807) is 15.9 Å². The van der Waals surface area contributed by atoms with Crippen molar-refractivity contribution in [3.05, 3.63) is 23.3 Å². The van der Waals surface area contributed by atoms with Gasteiger partial charge in [-0.2, -0.15) is 0 Å². The van der Waals surface area contributed by atoms with Crippen LogP contribution in [0.5, 0.6) is 11.5 Å². The van der Waals surface area contributed by atoms with Crippen molar-refractivity contribution in [2.24, 2.45) is 0 Å². The molecule has 3 rings (SSSR count). The van der Waals surface area contributed by atoms with Gasteiger partial charge in [0.25, 0.3) is 0 Å². The number of hydrogen-bond donors (Lipinski definition) is 2. The molecule has 2 unspecified atom stereocenters. The molecular weight excluding hydrogens is 332 g/mol. The Kier molecular flexibility index (Phi) is 5.39. The molecule has 2 atom stereocenters. The van der Waals surface area contributed by atoms with Crippen LogP contribution in [-0.2, 0) is 9.59 Å². The lowest BCUT2D eigenvalue weighted by Crippen LogP contribution is -2.38. The summed E-state index contributed by atoms with van der Waals surface area (Å²) >= 11 is 0. The lowest BCUT2D eigenvalue weighted by Gasteiger charge is -2.35. The largest absolute Gasteiger partial charge is 0.507 e. The second-order valence-electron chi connectivity index (χ2n) is 7.41. The van der Waals surface area contributed by atoms with E-state index in [1.165, 1.54) is 6.07 Å². The van der Waals surface area contributed by atoms with Crippen molar-refractivity contribution in [3.8, 4) is 11.5 Å². The Morgan fingerprint density at radius 1 is 0.769 bits per heavy atom. The number of amides is 2. The van der Waals surface area contributed by atoms with E-state index in [2.05, 4.69) is 0 Å². The highest BCUT2D eigenvalue weighted by Gasteiger charge is 2.30. The van der Waals surface area contributed by atoms with Gasteiger partial charge < -0.3 is 20.0 Å². The van der Waals surface area contributed by atoms with Crippen LogP contribution in [0.3, 0.4) is 0 Å². The van der Waals surface area contributed by atoms with Gasteiger partial charge in [0.15, 0.2) is 0 Å². The highest BCUT2D eigenvalue weighted by molar-refractivity contribution is 5.78. The van der Waals surface area contributed by atoms with Crippen molar-refractivity contribution in [2.75, 3.05) is 13.1 Å². The summed E-state index contributed by atoms with van der Waals surface area (Å²) in [6.07, 6.45) is 4.80. The number of benzene rings is 1. The summed E-state index contributed by atoms with van der Waals surface area (Å²) < 4.78 is 0. The molecule has 2 saturated heterocycles. The molecule has 2 fully saturated rings. The van der Waals surface area contributed by atoms with E-state index < -0.39 is 0 Å². The fraction of sp³-hybridized carbons (Fsp3) is 0.600. The Balaban J connectivity index is 1.91. The van der Waals surface area contributed by atoms with Gasteiger partial charge in [-0.15, -0.1) is 0 Å². The Bertz CT molecular complexity index is 648. The molecule has 1 aromatic rings. The molecule has 0 spiro atoms. The van der Waals surface area contributed by atoms with Crippen LogP contribution in [-0.4, -0.2) is 44.9 Å². The van der Waals surface area contributed by atoms with Crippen molar-refractivity contribution < 1.29 is 19.8 Å². The molecule has 6 heteroatoms. The second kappa shape index (κ2) is 7.56. The first-order chi connectivity index (χ1) is 12.4. The highest BCUT2D eigenvalue weighted by Crippen LogP contribution is 2.39. The van der Waals surface area contributed by atoms with E-state index in [0.29, 0.717) is 37.1 Å². The molecule has 0 radical (unpaired) electrons. The van der Waals surface area contributed by atoms with E-state index in [9.17, 15) is 19.8 Å². The smallest absolute Gasteiger partial charge is 0.223 e. The first kappa shape index (κ1) is 18.5.